The molecule has 1 unspecified atom stereocenters. The highest BCUT2D eigenvalue weighted by atomic mass is 32.1. The minimum atomic E-state index is 0.107. The topological polar surface area (TPSA) is 31.4 Å². The highest BCUT2D eigenvalue weighted by molar-refractivity contribution is 7.80. The maximum absolute atomic E-state index is 5.73. The van der Waals surface area contributed by atoms with E-state index in [0.29, 0.717) is 0 Å². The molecular formula is C20H28N4S. The Labute approximate surface area is 156 Å². The summed E-state index contributed by atoms with van der Waals surface area (Å²) in [6.45, 7) is 6.07. The number of likely N-dealkylation sites (N-methyl/N-ethyl adjacent to an activating group) is 1. The van der Waals surface area contributed by atoms with Gasteiger partial charge in [0.15, 0.2) is 5.11 Å². The molecule has 0 aliphatic carbocycles. The molecular weight excluding hydrogens is 328 g/mol. The predicted molar refractivity (Wildman–Crippen MR) is 110 cm³/mol. The Kier molecular flexibility index (Phi) is 7.34. The lowest BCUT2D eigenvalue weighted by Crippen LogP contribution is -2.41. The number of aryl methyl sites for hydroxylation is 1. The first-order valence-electron chi connectivity index (χ1n) is 8.73. The maximum atomic E-state index is 5.73. The minimum absolute atomic E-state index is 0.107. The highest BCUT2D eigenvalue weighted by Gasteiger charge is 2.20. The Balaban J connectivity index is 2.17. The smallest absolute Gasteiger partial charge is 0.174 e. The molecule has 0 spiro atoms. The predicted octanol–water partition coefficient (Wildman–Crippen LogP) is 3.97. The molecule has 1 aromatic heterocycles. The molecule has 4 nitrogen and oxygen atoms in total. The number of pyridine rings is 1. The molecule has 0 fully saturated rings. The first kappa shape index (κ1) is 19.3. The van der Waals surface area contributed by atoms with Crippen molar-refractivity contribution in [2.75, 3.05) is 32.5 Å². The molecule has 0 radical (unpaired) electrons. The normalized spacial score (nSPS) is 12.0. The largest absolute Gasteiger partial charge is 0.339 e. The van der Waals surface area contributed by atoms with Crippen LogP contribution in [0.5, 0.6) is 0 Å². The lowest BCUT2D eigenvalue weighted by Gasteiger charge is -2.32. The molecule has 0 saturated heterocycles. The van der Waals surface area contributed by atoms with Crippen LogP contribution in [0.25, 0.3) is 0 Å². The van der Waals surface area contributed by atoms with Crippen molar-refractivity contribution < 1.29 is 0 Å². The van der Waals surface area contributed by atoms with Gasteiger partial charge in [-0.05, 0) is 69.5 Å². The van der Waals surface area contributed by atoms with Crippen LogP contribution < -0.4 is 5.32 Å². The van der Waals surface area contributed by atoms with Crippen molar-refractivity contribution >= 4 is 23.0 Å². The number of anilines is 1. The van der Waals surface area contributed by atoms with Crippen LogP contribution in [0, 0.1) is 0 Å². The second kappa shape index (κ2) is 9.49. The third kappa shape index (κ3) is 5.80. The Hall–Kier alpha value is -1.98. The van der Waals surface area contributed by atoms with Gasteiger partial charge in [0.2, 0.25) is 0 Å². The van der Waals surface area contributed by atoms with Gasteiger partial charge in [0, 0.05) is 25.0 Å². The van der Waals surface area contributed by atoms with E-state index in [1.165, 1.54) is 5.56 Å². The Bertz CT molecular complexity index is 672. The summed E-state index contributed by atoms with van der Waals surface area (Å²) in [4.78, 5) is 8.87. The monoisotopic (exact) mass is 356 g/mol. The first-order chi connectivity index (χ1) is 12.0. The van der Waals surface area contributed by atoms with E-state index in [1.807, 2.05) is 24.4 Å². The van der Waals surface area contributed by atoms with Gasteiger partial charge in [0.05, 0.1) is 11.7 Å². The van der Waals surface area contributed by atoms with Crippen molar-refractivity contribution in [3.05, 3.63) is 59.9 Å². The molecule has 0 aliphatic rings. The quantitative estimate of drug-likeness (QED) is 0.759. The van der Waals surface area contributed by atoms with Crippen LogP contribution in [0.3, 0.4) is 0 Å². The van der Waals surface area contributed by atoms with Crippen LogP contribution in [-0.2, 0) is 6.42 Å². The third-order valence-electron chi connectivity index (χ3n) is 4.22. The van der Waals surface area contributed by atoms with Gasteiger partial charge in [-0.1, -0.05) is 25.1 Å². The fraction of sp³-hybridized carbons (Fsp3) is 0.400. The number of rotatable bonds is 7. The van der Waals surface area contributed by atoms with E-state index in [9.17, 15) is 0 Å². The second-order valence-corrected chi connectivity index (χ2v) is 6.80. The number of benzene rings is 1. The Morgan fingerprint density at radius 3 is 2.60 bits per heavy atom. The van der Waals surface area contributed by atoms with Crippen LogP contribution in [0.2, 0.25) is 0 Å². The third-order valence-corrected chi connectivity index (χ3v) is 4.56. The molecule has 2 aromatic rings. The summed E-state index contributed by atoms with van der Waals surface area (Å²) >= 11 is 5.73. The van der Waals surface area contributed by atoms with Crippen molar-refractivity contribution in [2.24, 2.45) is 0 Å². The summed E-state index contributed by atoms with van der Waals surface area (Å²) in [5, 5.41) is 4.13. The molecule has 1 aromatic carbocycles. The van der Waals surface area contributed by atoms with E-state index in [-0.39, 0.29) is 6.04 Å². The zero-order valence-electron chi connectivity index (χ0n) is 15.6. The molecule has 134 valence electrons. The first-order valence-corrected chi connectivity index (χ1v) is 9.14. The van der Waals surface area contributed by atoms with E-state index in [2.05, 4.69) is 72.3 Å². The van der Waals surface area contributed by atoms with Crippen molar-refractivity contribution in [3.63, 3.8) is 0 Å². The molecule has 2 rings (SSSR count). The molecule has 5 heteroatoms. The highest BCUT2D eigenvalue weighted by Crippen LogP contribution is 2.20. The summed E-state index contributed by atoms with van der Waals surface area (Å²) in [7, 11) is 4.15. The van der Waals surface area contributed by atoms with Gasteiger partial charge in [-0.3, -0.25) is 4.98 Å². The molecule has 1 N–H and O–H groups in total. The summed E-state index contributed by atoms with van der Waals surface area (Å²) < 4.78 is 0. The summed E-state index contributed by atoms with van der Waals surface area (Å²) in [5.41, 5.74) is 3.35. The fourth-order valence-corrected chi connectivity index (χ4v) is 2.99. The van der Waals surface area contributed by atoms with Gasteiger partial charge in [-0.2, -0.15) is 0 Å². The number of nitrogens with one attached hydrogen (secondary N) is 1. The van der Waals surface area contributed by atoms with E-state index in [0.717, 1.165) is 36.0 Å². The van der Waals surface area contributed by atoms with Crippen LogP contribution in [0.15, 0.2) is 48.7 Å². The zero-order valence-corrected chi connectivity index (χ0v) is 16.4. The molecule has 0 amide bonds. The molecule has 25 heavy (non-hydrogen) atoms. The Morgan fingerprint density at radius 2 is 1.96 bits per heavy atom. The lowest BCUT2D eigenvalue weighted by molar-refractivity contribution is 0.286. The average Bonchev–Trinajstić information content (AvgIpc) is 2.62. The lowest BCUT2D eigenvalue weighted by atomic mass is 10.1. The van der Waals surface area contributed by atoms with Crippen molar-refractivity contribution in [3.8, 4) is 0 Å². The van der Waals surface area contributed by atoms with Gasteiger partial charge < -0.3 is 15.1 Å². The molecule has 0 aliphatic heterocycles. The van der Waals surface area contributed by atoms with E-state index in [1.54, 1.807) is 0 Å². The number of thiocarbonyl (C=S) groups is 1. The molecule has 1 atom stereocenters. The summed E-state index contributed by atoms with van der Waals surface area (Å²) in [6.07, 6.45) is 2.84. The van der Waals surface area contributed by atoms with E-state index in [4.69, 9.17) is 12.2 Å². The van der Waals surface area contributed by atoms with Crippen LogP contribution in [-0.4, -0.2) is 47.1 Å². The van der Waals surface area contributed by atoms with E-state index < -0.39 is 0 Å². The van der Waals surface area contributed by atoms with Crippen LogP contribution in [0.1, 0.15) is 31.1 Å². The zero-order chi connectivity index (χ0) is 18.2. The number of hydrogen-bond donors (Lipinski definition) is 1. The molecule has 0 saturated carbocycles. The molecule has 0 bridgehead atoms. The molecule has 1 heterocycles. The maximum Gasteiger partial charge on any atom is 0.174 e. The van der Waals surface area contributed by atoms with Gasteiger partial charge in [0.25, 0.3) is 0 Å². The summed E-state index contributed by atoms with van der Waals surface area (Å²) in [6, 6.07) is 14.5. The van der Waals surface area contributed by atoms with Gasteiger partial charge in [-0.25, -0.2) is 0 Å². The second-order valence-electron chi connectivity index (χ2n) is 6.41. The van der Waals surface area contributed by atoms with Crippen molar-refractivity contribution in [2.45, 2.75) is 26.3 Å². The minimum Gasteiger partial charge on any atom is -0.339 e. The van der Waals surface area contributed by atoms with Gasteiger partial charge >= 0.3 is 0 Å². The van der Waals surface area contributed by atoms with Gasteiger partial charge in [0.1, 0.15) is 0 Å². The Morgan fingerprint density at radius 1 is 1.16 bits per heavy atom. The number of aromatic nitrogens is 1. The standard InChI is InChI=1S/C20H28N4S/c1-5-17-9-8-10-18(15-17)22-20(25)24(14-13-23(3)4)16(2)19-11-6-7-12-21-19/h6-12,15-16H,5,13-14H2,1-4H3,(H,22,25). The van der Waals surface area contributed by atoms with Crippen molar-refractivity contribution in [1.29, 1.82) is 0 Å². The number of hydrogen-bond acceptors (Lipinski definition) is 3. The SMILES string of the molecule is CCc1cccc(NC(=S)N(CCN(C)C)C(C)c2ccccn2)c1. The van der Waals surface area contributed by atoms with E-state index >= 15 is 0 Å². The fourth-order valence-electron chi connectivity index (χ4n) is 2.63. The average molecular weight is 357 g/mol. The van der Waals surface area contributed by atoms with Gasteiger partial charge in [-0.15, -0.1) is 0 Å². The summed E-state index contributed by atoms with van der Waals surface area (Å²) in [5.74, 6) is 0. The van der Waals surface area contributed by atoms with Crippen LogP contribution >= 0.6 is 12.2 Å². The van der Waals surface area contributed by atoms with Crippen molar-refractivity contribution in [1.82, 2.24) is 14.8 Å². The van der Waals surface area contributed by atoms with Crippen LogP contribution in [0.4, 0.5) is 5.69 Å². The number of nitrogens with zero attached hydrogens (tertiary/aromatic N) is 3.